The number of rotatable bonds is 7. The van der Waals surface area contributed by atoms with Crippen molar-refractivity contribution in [3.63, 3.8) is 0 Å². The van der Waals surface area contributed by atoms with Gasteiger partial charge in [-0.3, -0.25) is 14.4 Å². The number of carbonyl (C=O) groups is 1. The zero-order valence-electron chi connectivity index (χ0n) is 16.7. The molecule has 158 valence electrons. The minimum absolute atomic E-state index is 0.287. The van der Waals surface area contributed by atoms with Gasteiger partial charge in [0.1, 0.15) is 11.0 Å². The van der Waals surface area contributed by atoms with Crippen LogP contribution in [0.3, 0.4) is 0 Å². The van der Waals surface area contributed by atoms with Gasteiger partial charge in [0.05, 0.1) is 11.9 Å². The number of amides is 1. The molecular weight excluding hydrogens is 444 g/mol. The van der Waals surface area contributed by atoms with Gasteiger partial charge in [0, 0.05) is 10.6 Å². The van der Waals surface area contributed by atoms with E-state index in [-0.39, 0.29) is 6.42 Å². The van der Waals surface area contributed by atoms with Crippen LogP contribution in [-0.4, -0.2) is 36.8 Å². The van der Waals surface area contributed by atoms with E-state index in [9.17, 15) is 13.2 Å². The highest BCUT2D eigenvalue weighted by Gasteiger charge is 2.32. The van der Waals surface area contributed by atoms with Gasteiger partial charge in [0.25, 0.3) is 0 Å². The second kappa shape index (κ2) is 9.11. The molecule has 1 aromatic heterocycles. The maximum atomic E-state index is 13.0. The molecular formula is C20H21ClN4O3S2. The summed E-state index contributed by atoms with van der Waals surface area (Å²) in [5, 5.41) is 12.3. The van der Waals surface area contributed by atoms with E-state index in [0.717, 1.165) is 21.7 Å². The van der Waals surface area contributed by atoms with E-state index in [0.29, 0.717) is 20.8 Å². The number of nitrogens with one attached hydrogen (secondary N) is 1. The largest absolute Gasteiger partial charge is 0.299 e. The molecule has 0 saturated heterocycles. The van der Waals surface area contributed by atoms with Crippen LogP contribution in [0.5, 0.6) is 0 Å². The van der Waals surface area contributed by atoms with Crippen LogP contribution < -0.4 is 9.62 Å². The van der Waals surface area contributed by atoms with Crippen LogP contribution in [0.1, 0.15) is 18.9 Å². The number of benzene rings is 2. The third-order valence-electron chi connectivity index (χ3n) is 4.36. The fraction of sp³-hybridized carbons (Fsp3) is 0.250. The third-order valence-corrected chi connectivity index (χ3v) is 6.68. The Bertz CT molecular complexity index is 1130. The Kier molecular flexibility index (Phi) is 6.74. The molecule has 1 amide bonds. The van der Waals surface area contributed by atoms with Crippen molar-refractivity contribution in [3.8, 4) is 10.6 Å². The van der Waals surface area contributed by atoms with Crippen molar-refractivity contribution in [1.82, 2.24) is 10.2 Å². The van der Waals surface area contributed by atoms with Crippen molar-refractivity contribution in [2.24, 2.45) is 0 Å². The van der Waals surface area contributed by atoms with Gasteiger partial charge in [0.2, 0.25) is 21.1 Å². The minimum Gasteiger partial charge on any atom is -0.299 e. The van der Waals surface area contributed by atoms with Crippen molar-refractivity contribution in [2.45, 2.75) is 26.3 Å². The van der Waals surface area contributed by atoms with E-state index in [2.05, 4.69) is 15.5 Å². The lowest BCUT2D eigenvalue weighted by atomic mass is 10.1. The molecule has 10 heteroatoms. The normalized spacial score (nSPS) is 12.4. The number of nitrogens with zero attached hydrogens (tertiary/aromatic N) is 3. The predicted octanol–water partition coefficient (Wildman–Crippen LogP) is 4.35. The first-order chi connectivity index (χ1) is 14.2. The standard InChI is InChI=1S/C20H21ClN4O3S2/c1-4-17(25(30(3,27)28)16-11-5-13(2)6-12-16)18(26)22-20-24-23-19(29-20)14-7-9-15(21)10-8-14/h5-12,17H,4H2,1-3H3,(H,22,24,26)/t17-/m0/s1. The Hall–Kier alpha value is -2.49. The number of aryl methyl sites for hydroxylation is 1. The van der Waals surface area contributed by atoms with Gasteiger partial charge in [-0.2, -0.15) is 0 Å². The van der Waals surface area contributed by atoms with Crippen LogP contribution >= 0.6 is 22.9 Å². The molecule has 0 spiro atoms. The van der Waals surface area contributed by atoms with Gasteiger partial charge < -0.3 is 0 Å². The van der Waals surface area contributed by atoms with Crippen LogP contribution in [0.15, 0.2) is 48.5 Å². The van der Waals surface area contributed by atoms with E-state index in [4.69, 9.17) is 11.6 Å². The highest BCUT2D eigenvalue weighted by atomic mass is 35.5. The Morgan fingerprint density at radius 1 is 1.13 bits per heavy atom. The Balaban J connectivity index is 1.84. The summed E-state index contributed by atoms with van der Waals surface area (Å²) in [6.07, 6.45) is 1.38. The predicted molar refractivity (Wildman–Crippen MR) is 122 cm³/mol. The quantitative estimate of drug-likeness (QED) is 0.561. The van der Waals surface area contributed by atoms with Crippen LogP contribution in [0, 0.1) is 6.92 Å². The molecule has 0 aliphatic heterocycles. The Labute approximate surface area is 184 Å². The van der Waals surface area contributed by atoms with Gasteiger partial charge in [0.15, 0.2) is 0 Å². The third kappa shape index (κ3) is 5.16. The van der Waals surface area contributed by atoms with Gasteiger partial charge in [-0.25, -0.2) is 8.42 Å². The summed E-state index contributed by atoms with van der Waals surface area (Å²) >= 11 is 7.11. The molecule has 7 nitrogen and oxygen atoms in total. The fourth-order valence-corrected chi connectivity index (χ4v) is 5.01. The van der Waals surface area contributed by atoms with Crippen molar-refractivity contribution in [3.05, 3.63) is 59.1 Å². The summed E-state index contributed by atoms with van der Waals surface area (Å²) < 4.78 is 26.1. The van der Waals surface area contributed by atoms with Gasteiger partial charge in [-0.1, -0.05) is 59.7 Å². The number of hydrogen-bond donors (Lipinski definition) is 1. The molecule has 3 aromatic rings. The van der Waals surface area contributed by atoms with Gasteiger partial charge in [-0.05, 0) is 37.6 Å². The summed E-state index contributed by atoms with van der Waals surface area (Å²) in [5.74, 6) is -0.470. The molecule has 0 unspecified atom stereocenters. The van der Waals surface area contributed by atoms with Crippen molar-refractivity contribution < 1.29 is 13.2 Å². The van der Waals surface area contributed by atoms with E-state index in [1.54, 1.807) is 43.3 Å². The van der Waals surface area contributed by atoms with Gasteiger partial charge >= 0.3 is 0 Å². The first-order valence-corrected chi connectivity index (χ1v) is 12.2. The van der Waals surface area contributed by atoms with E-state index in [1.165, 1.54) is 11.3 Å². The summed E-state index contributed by atoms with van der Waals surface area (Å²) in [6, 6.07) is 13.2. The highest BCUT2D eigenvalue weighted by molar-refractivity contribution is 7.92. The number of aromatic nitrogens is 2. The topological polar surface area (TPSA) is 92.3 Å². The van der Waals surface area contributed by atoms with Crippen molar-refractivity contribution >= 4 is 49.7 Å². The average molecular weight is 465 g/mol. The smallest absolute Gasteiger partial charge is 0.250 e. The molecule has 3 rings (SSSR count). The highest BCUT2D eigenvalue weighted by Crippen LogP contribution is 2.28. The molecule has 2 aromatic carbocycles. The molecule has 0 bridgehead atoms. The lowest BCUT2D eigenvalue weighted by Gasteiger charge is -2.29. The van der Waals surface area contributed by atoms with Crippen LogP contribution in [0.4, 0.5) is 10.8 Å². The van der Waals surface area contributed by atoms with Crippen molar-refractivity contribution in [1.29, 1.82) is 0 Å². The first kappa shape index (κ1) is 22.2. The molecule has 1 N–H and O–H groups in total. The number of halogens is 1. The Morgan fingerprint density at radius 3 is 2.33 bits per heavy atom. The van der Waals surface area contributed by atoms with E-state index >= 15 is 0 Å². The number of sulfonamides is 1. The number of carbonyl (C=O) groups excluding carboxylic acids is 1. The zero-order chi connectivity index (χ0) is 21.9. The summed E-state index contributed by atoms with van der Waals surface area (Å²) in [7, 11) is -3.69. The number of anilines is 2. The molecule has 0 radical (unpaired) electrons. The van der Waals surface area contributed by atoms with Gasteiger partial charge in [-0.15, -0.1) is 10.2 Å². The van der Waals surface area contributed by atoms with E-state index < -0.39 is 22.0 Å². The first-order valence-electron chi connectivity index (χ1n) is 9.15. The summed E-state index contributed by atoms with van der Waals surface area (Å²) in [6.45, 7) is 3.67. The average Bonchev–Trinajstić information content (AvgIpc) is 3.15. The SMILES string of the molecule is CC[C@@H](C(=O)Nc1nnc(-c2ccc(Cl)cc2)s1)N(c1ccc(C)cc1)S(C)(=O)=O. The van der Waals surface area contributed by atoms with Crippen LogP contribution in [-0.2, 0) is 14.8 Å². The lowest BCUT2D eigenvalue weighted by Crippen LogP contribution is -2.47. The second-order valence-corrected chi connectivity index (χ2v) is 10.0. The minimum atomic E-state index is -3.69. The molecule has 0 aliphatic rings. The monoisotopic (exact) mass is 464 g/mol. The van der Waals surface area contributed by atoms with Crippen LogP contribution in [0.2, 0.25) is 5.02 Å². The molecule has 0 aliphatic carbocycles. The molecule has 1 atom stereocenters. The summed E-state index contributed by atoms with van der Waals surface area (Å²) in [4.78, 5) is 13.0. The van der Waals surface area contributed by atoms with Crippen LogP contribution in [0.25, 0.3) is 10.6 Å². The fourth-order valence-electron chi connectivity index (χ4n) is 2.92. The van der Waals surface area contributed by atoms with Crippen molar-refractivity contribution in [2.75, 3.05) is 15.9 Å². The molecule has 1 heterocycles. The van der Waals surface area contributed by atoms with E-state index in [1.807, 2.05) is 19.1 Å². The summed E-state index contributed by atoms with van der Waals surface area (Å²) in [5.41, 5.74) is 2.25. The second-order valence-electron chi connectivity index (χ2n) is 6.73. The molecule has 0 saturated carbocycles. The zero-order valence-corrected chi connectivity index (χ0v) is 19.1. The maximum Gasteiger partial charge on any atom is 0.250 e. The Morgan fingerprint density at radius 2 is 1.77 bits per heavy atom. The molecule has 0 fully saturated rings. The number of hydrogen-bond acceptors (Lipinski definition) is 6. The molecule has 30 heavy (non-hydrogen) atoms. The lowest BCUT2D eigenvalue weighted by molar-refractivity contribution is -0.117. The maximum absolute atomic E-state index is 13.0.